The summed E-state index contributed by atoms with van der Waals surface area (Å²) in [5, 5.41) is 10.4. The second kappa shape index (κ2) is 9.41. The smallest absolute Gasteiger partial charge is 0.220 e. The van der Waals surface area contributed by atoms with E-state index in [1.807, 2.05) is 43.5 Å². The van der Waals surface area contributed by atoms with Crippen molar-refractivity contribution in [3.05, 3.63) is 35.2 Å². The lowest BCUT2D eigenvalue weighted by atomic mass is 10.2. The normalized spacial score (nSPS) is 16.4. The highest BCUT2D eigenvalue weighted by Gasteiger charge is 2.13. The van der Waals surface area contributed by atoms with Crippen LogP contribution in [0.5, 0.6) is 5.75 Å². The van der Waals surface area contributed by atoms with E-state index in [4.69, 9.17) is 9.15 Å². The Hall–Kier alpha value is -2.38. The molecule has 0 saturated carbocycles. The fourth-order valence-electron chi connectivity index (χ4n) is 3.43. The lowest BCUT2D eigenvalue weighted by molar-refractivity contribution is 0.112. The molecule has 1 aliphatic rings. The number of oxazole rings is 1. The van der Waals surface area contributed by atoms with Crippen LogP contribution in [0.1, 0.15) is 49.8 Å². The molecule has 0 amide bonds. The summed E-state index contributed by atoms with van der Waals surface area (Å²) < 4.78 is 11.6. The Balaban J connectivity index is 1.45. The zero-order chi connectivity index (χ0) is 20.1. The van der Waals surface area contributed by atoms with Crippen molar-refractivity contribution in [3.63, 3.8) is 0 Å². The van der Waals surface area contributed by atoms with Crippen LogP contribution in [0.25, 0.3) is 23.3 Å². The van der Waals surface area contributed by atoms with Gasteiger partial charge in [0.05, 0.1) is 6.61 Å². The van der Waals surface area contributed by atoms with Gasteiger partial charge in [0.1, 0.15) is 17.4 Å². The standard InChI is InChI=1S/C22H27N3O3S/c1-2-16(15-26)27-17-7-9-19-20(13-17)28-21(24-19)10-8-18-14-23-22(29-18)25-11-5-3-4-6-12-25/h7-10,13-14,16,26H,2-6,11-12,15H2,1H3/b10-8+. The number of ether oxygens (including phenoxy) is 1. The SMILES string of the molecule is CCC(CO)Oc1ccc2nc(/C=C/c3cnc(N4CCCCCC4)s3)oc2c1. The molecule has 0 bridgehead atoms. The van der Waals surface area contributed by atoms with Gasteiger partial charge >= 0.3 is 0 Å². The predicted molar refractivity (Wildman–Crippen MR) is 118 cm³/mol. The highest BCUT2D eigenvalue weighted by Crippen LogP contribution is 2.27. The third-order valence-electron chi connectivity index (χ3n) is 5.12. The van der Waals surface area contributed by atoms with Gasteiger partial charge in [-0.3, -0.25) is 0 Å². The van der Waals surface area contributed by atoms with E-state index in [9.17, 15) is 5.11 Å². The molecule has 7 heteroatoms. The third kappa shape index (κ3) is 4.97. The molecule has 1 fully saturated rings. The van der Waals surface area contributed by atoms with Gasteiger partial charge in [-0.2, -0.15) is 0 Å². The summed E-state index contributed by atoms with van der Waals surface area (Å²) in [6, 6.07) is 5.55. The first-order chi connectivity index (χ1) is 14.2. The number of aliphatic hydroxyl groups is 1. The van der Waals surface area contributed by atoms with E-state index in [0.717, 1.165) is 35.0 Å². The van der Waals surface area contributed by atoms with Crippen LogP contribution in [-0.4, -0.2) is 40.9 Å². The van der Waals surface area contributed by atoms with Crippen molar-refractivity contribution in [2.24, 2.45) is 0 Å². The molecule has 0 spiro atoms. The molecule has 3 heterocycles. The van der Waals surface area contributed by atoms with E-state index >= 15 is 0 Å². The first kappa shape index (κ1) is 19.9. The number of nitrogens with zero attached hydrogens (tertiary/aromatic N) is 3. The average molecular weight is 414 g/mol. The molecule has 0 aliphatic carbocycles. The molecular formula is C22H27N3O3S. The minimum atomic E-state index is -0.209. The van der Waals surface area contributed by atoms with Gasteiger partial charge in [-0.1, -0.05) is 31.1 Å². The minimum Gasteiger partial charge on any atom is -0.488 e. The van der Waals surface area contributed by atoms with Crippen molar-refractivity contribution in [3.8, 4) is 5.75 Å². The summed E-state index contributed by atoms with van der Waals surface area (Å²) in [5.74, 6) is 1.23. The summed E-state index contributed by atoms with van der Waals surface area (Å²) in [4.78, 5) is 12.6. The second-order valence-corrected chi connectivity index (χ2v) is 8.33. The van der Waals surface area contributed by atoms with Crippen LogP contribution in [0, 0.1) is 0 Å². The van der Waals surface area contributed by atoms with Crippen molar-refractivity contribution in [1.29, 1.82) is 0 Å². The minimum absolute atomic E-state index is 0.00675. The van der Waals surface area contributed by atoms with Crippen LogP contribution < -0.4 is 9.64 Å². The van der Waals surface area contributed by atoms with E-state index in [0.29, 0.717) is 17.2 Å². The summed E-state index contributed by atoms with van der Waals surface area (Å²) >= 11 is 1.70. The van der Waals surface area contributed by atoms with E-state index in [1.165, 1.54) is 25.7 Å². The molecule has 0 radical (unpaired) electrons. The van der Waals surface area contributed by atoms with Gasteiger partial charge in [0.25, 0.3) is 0 Å². The predicted octanol–water partition coefficient (Wildman–Crippen LogP) is 4.98. The molecule has 1 aromatic carbocycles. The van der Waals surface area contributed by atoms with Crippen LogP contribution in [0.15, 0.2) is 28.8 Å². The highest BCUT2D eigenvalue weighted by molar-refractivity contribution is 7.16. The van der Waals surface area contributed by atoms with Crippen molar-refractivity contribution in [2.75, 3.05) is 24.6 Å². The number of anilines is 1. The lowest BCUT2D eigenvalue weighted by Gasteiger charge is -2.18. The number of hydrogen-bond acceptors (Lipinski definition) is 7. The first-order valence-electron chi connectivity index (χ1n) is 10.3. The number of aliphatic hydroxyl groups excluding tert-OH is 1. The van der Waals surface area contributed by atoms with Gasteiger partial charge in [0.2, 0.25) is 5.89 Å². The number of rotatable bonds is 7. The highest BCUT2D eigenvalue weighted by atomic mass is 32.1. The molecular weight excluding hydrogens is 386 g/mol. The molecule has 4 rings (SSSR count). The zero-order valence-electron chi connectivity index (χ0n) is 16.7. The fraction of sp³-hybridized carbons (Fsp3) is 0.455. The first-order valence-corrected chi connectivity index (χ1v) is 11.1. The maximum Gasteiger partial charge on any atom is 0.220 e. The molecule has 1 N–H and O–H groups in total. The zero-order valence-corrected chi connectivity index (χ0v) is 17.5. The van der Waals surface area contributed by atoms with Gasteiger partial charge in [0.15, 0.2) is 10.7 Å². The quantitative estimate of drug-likeness (QED) is 0.589. The van der Waals surface area contributed by atoms with Gasteiger partial charge in [-0.05, 0) is 37.5 Å². The fourth-order valence-corrected chi connectivity index (χ4v) is 4.29. The maximum atomic E-state index is 9.30. The Kier molecular flexibility index (Phi) is 6.46. The summed E-state index contributed by atoms with van der Waals surface area (Å²) in [7, 11) is 0. The molecule has 29 heavy (non-hydrogen) atoms. The third-order valence-corrected chi connectivity index (χ3v) is 6.14. The largest absolute Gasteiger partial charge is 0.488 e. The molecule has 1 unspecified atom stereocenters. The Morgan fingerprint density at radius 3 is 2.83 bits per heavy atom. The average Bonchev–Trinajstić information content (AvgIpc) is 3.28. The van der Waals surface area contributed by atoms with Crippen LogP contribution in [0.4, 0.5) is 5.13 Å². The Bertz CT molecular complexity index is 953. The summed E-state index contributed by atoms with van der Waals surface area (Å²) in [5.41, 5.74) is 1.45. The number of aromatic nitrogens is 2. The molecule has 1 aliphatic heterocycles. The summed E-state index contributed by atoms with van der Waals surface area (Å²) in [6.45, 7) is 4.17. The summed E-state index contributed by atoms with van der Waals surface area (Å²) in [6.07, 6.45) is 11.5. The van der Waals surface area contributed by atoms with Crippen molar-refractivity contribution in [2.45, 2.75) is 45.1 Å². The molecule has 1 saturated heterocycles. The molecule has 1 atom stereocenters. The lowest BCUT2D eigenvalue weighted by Crippen LogP contribution is -2.23. The second-order valence-electron chi connectivity index (χ2n) is 7.29. The van der Waals surface area contributed by atoms with E-state index in [-0.39, 0.29) is 12.7 Å². The topological polar surface area (TPSA) is 71.6 Å². The van der Waals surface area contributed by atoms with Gasteiger partial charge in [-0.15, -0.1) is 0 Å². The van der Waals surface area contributed by atoms with Gasteiger partial charge in [-0.25, -0.2) is 9.97 Å². The van der Waals surface area contributed by atoms with Crippen molar-refractivity contribution in [1.82, 2.24) is 9.97 Å². The Labute approximate surface area is 174 Å². The molecule has 154 valence electrons. The van der Waals surface area contributed by atoms with Crippen LogP contribution in [0.2, 0.25) is 0 Å². The number of hydrogen-bond donors (Lipinski definition) is 1. The molecule has 3 aromatic rings. The Morgan fingerprint density at radius 1 is 1.24 bits per heavy atom. The number of benzene rings is 1. The van der Waals surface area contributed by atoms with Crippen molar-refractivity contribution >= 4 is 39.7 Å². The molecule has 6 nitrogen and oxygen atoms in total. The maximum absolute atomic E-state index is 9.30. The number of fused-ring (bicyclic) bond motifs is 1. The van der Waals surface area contributed by atoms with Crippen LogP contribution >= 0.6 is 11.3 Å². The number of thiazole rings is 1. The molecule has 2 aromatic heterocycles. The van der Waals surface area contributed by atoms with Gasteiger partial charge in [0, 0.05) is 36.3 Å². The monoisotopic (exact) mass is 413 g/mol. The van der Waals surface area contributed by atoms with E-state index in [1.54, 1.807) is 11.3 Å². The van der Waals surface area contributed by atoms with E-state index < -0.39 is 0 Å². The van der Waals surface area contributed by atoms with Crippen LogP contribution in [-0.2, 0) is 0 Å². The van der Waals surface area contributed by atoms with Gasteiger partial charge < -0.3 is 19.2 Å². The van der Waals surface area contributed by atoms with Crippen molar-refractivity contribution < 1.29 is 14.3 Å². The van der Waals surface area contributed by atoms with E-state index in [2.05, 4.69) is 14.9 Å². The Morgan fingerprint density at radius 2 is 2.07 bits per heavy atom. The van der Waals surface area contributed by atoms with Crippen LogP contribution in [0.3, 0.4) is 0 Å².